The van der Waals surface area contributed by atoms with Crippen molar-refractivity contribution in [3.63, 3.8) is 0 Å². The Balaban J connectivity index is 1.88. The third kappa shape index (κ3) is 10.00. The molecule has 0 aromatic heterocycles. The first-order valence-electron chi connectivity index (χ1n) is 15.8. The van der Waals surface area contributed by atoms with Crippen LogP contribution in [0, 0.1) is 0 Å². The molecule has 3 rings (SSSR count). The van der Waals surface area contributed by atoms with Crippen LogP contribution in [-0.2, 0) is 38.0 Å². The monoisotopic (exact) mass is 734 g/mol. The van der Waals surface area contributed by atoms with Crippen LogP contribution in [0.3, 0.4) is 0 Å². The lowest BCUT2D eigenvalue weighted by molar-refractivity contribution is -0.373. The van der Waals surface area contributed by atoms with E-state index in [1.165, 1.54) is 6.92 Å². The molecule has 0 unspecified atom stereocenters. The van der Waals surface area contributed by atoms with Crippen molar-refractivity contribution in [3.8, 4) is 0 Å². The number of nitrogens with one attached hydrogen (secondary N) is 2. The van der Waals surface area contributed by atoms with Gasteiger partial charge >= 0.3 is 0 Å². The first-order chi connectivity index (χ1) is 23.5. The quantitative estimate of drug-likeness (QED) is 0.0742. The molecule has 0 spiro atoms. The van der Waals surface area contributed by atoms with Crippen molar-refractivity contribution in [2.24, 2.45) is 0 Å². The normalized spacial score (nSPS) is 41.9. The molecule has 292 valence electrons. The Bertz CT molecular complexity index is 1080. The van der Waals surface area contributed by atoms with Gasteiger partial charge in [-0.05, 0) is 6.92 Å². The molecule has 3 aliphatic heterocycles. The van der Waals surface area contributed by atoms with Crippen LogP contribution in [0.5, 0.6) is 0 Å². The highest BCUT2D eigenvalue weighted by molar-refractivity contribution is 5.73. The van der Waals surface area contributed by atoms with Crippen LogP contribution in [-0.4, -0.2) is 216 Å². The average molecular weight is 735 g/mol. The van der Waals surface area contributed by atoms with E-state index in [2.05, 4.69) is 10.6 Å². The molecule has 3 saturated heterocycles. The summed E-state index contributed by atoms with van der Waals surface area (Å²) in [5, 5.41) is 129. The fraction of sp³-hybridized carbons (Fsp3) is 0.929. The second-order valence-corrected chi connectivity index (χ2v) is 12.4. The third-order valence-corrected chi connectivity index (χ3v) is 8.61. The van der Waals surface area contributed by atoms with E-state index in [9.17, 15) is 70.9 Å². The van der Waals surface area contributed by atoms with Gasteiger partial charge in [0.15, 0.2) is 18.9 Å². The van der Waals surface area contributed by atoms with Gasteiger partial charge in [0.25, 0.3) is 0 Å². The van der Waals surface area contributed by atoms with Gasteiger partial charge in [-0.3, -0.25) is 9.59 Å². The van der Waals surface area contributed by atoms with Crippen molar-refractivity contribution in [2.45, 2.75) is 137 Å². The van der Waals surface area contributed by atoms with E-state index in [4.69, 9.17) is 28.4 Å². The van der Waals surface area contributed by atoms with Crippen molar-refractivity contribution >= 4 is 11.8 Å². The summed E-state index contributed by atoms with van der Waals surface area (Å²) in [6.07, 6.45) is -29.6. The predicted molar refractivity (Wildman–Crippen MR) is 158 cm³/mol. The summed E-state index contributed by atoms with van der Waals surface area (Å²) in [6.45, 7) is 0.0230. The lowest BCUT2D eigenvalue weighted by Gasteiger charge is -2.47. The minimum Gasteiger partial charge on any atom is -0.394 e. The number of hydrogen-bond donors (Lipinski definition) is 14. The number of aliphatic hydroxyl groups is 12. The molecule has 0 radical (unpaired) electrons. The van der Waals surface area contributed by atoms with Crippen LogP contribution in [0.15, 0.2) is 0 Å². The molecule has 2 amide bonds. The lowest BCUT2D eigenvalue weighted by Crippen LogP contribution is -2.66. The maximum absolute atomic E-state index is 12.0. The van der Waals surface area contributed by atoms with Crippen LogP contribution < -0.4 is 10.6 Å². The molecule has 22 nitrogen and oxygen atoms in total. The molecule has 0 bridgehead atoms. The fourth-order valence-electron chi connectivity index (χ4n) is 5.78. The maximum atomic E-state index is 12.0. The molecule has 19 atom stereocenters. The van der Waals surface area contributed by atoms with Crippen LogP contribution in [0.1, 0.15) is 20.8 Å². The Morgan fingerprint density at radius 2 is 1.30 bits per heavy atom. The largest absolute Gasteiger partial charge is 0.394 e. The molecule has 3 fully saturated rings. The van der Waals surface area contributed by atoms with Crippen molar-refractivity contribution < 1.29 is 99.3 Å². The molecule has 0 aliphatic carbocycles. The summed E-state index contributed by atoms with van der Waals surface area (Å²) in [5.41, 5.74) is 0. The van der Waals surface area contributed by atoms with Crippen molar-refractivity contribution in [1.82, 2.24) is 10.6 Å². The predicted octanol–water partition coefficient (Wildman–Crippen LogP) is -8.80. The molecular weight excluding hydrogens is 684 g/mol. The number of carbonyl (C=O) groups is 2. The van der Waals surface area contributed by atoms with Crippen LogP contribution >= 0.6 is 0 Å². The molecule has 14 N–H and O–H groups in total. The second-order valence-electron chi connectivity index (χ2n) is 12.4. The van der Waals surface area contributed by atoms with E-state index in [1.807, 2.05) is 0 Å². The van der Waals surface area contributed by atoms with Gasteiger partial charge in [-0.15, -0.1) is 0 Å². The summed E-state index contributed by atoms with van der Waals surface area (Å²) >= 11 is 0. The number of hydrogen-bond acceptors (Lipinski definition) is 20. The van der Waals surface area contributed by atoms with E-state index in [0.717, 1.165) is 13.8 Å². The van der Waals surface area contributed by atoms with Gasteiger partial charge in [-0.1, -0.05) is 0 Å². The van der Waals surface area contributed by atoms with Gasteiger partial charge in [0, 0.05) is 13.8 Å². The molecule has 0 saturated carbocycles. The molecule has 3 heterocycles. The Labute approximate surface area is 285 Å². The fourth-order valence-corrected chi connectivity index (χ4v) is 5.78. The summed E-state index contributed by atoms with van der Waals surface area (Å²) in [7, 11) is 0. The topological polar surface area (TPSA) is 356 Å². The number of amides is 2. The summed E-state index contributed by atoms with van der Waals surface area (Å²) < 4.78 is 33.4. The highest BCUT2D eigenvalue weighted by Crippen LogP contribution is 2.31. The molecule has 0 aromatic rings. The molecule has 50 heavy (non-hydrogen) atoms. The standard InChI is InChI=1S/C28H50N2O20/c1-8-16(37)21(42)23(44)27(46-8)50-25-22(43)19(40)14(6-33)48-28(25)49-24(11(4-31)29-9(2)34)17(38)12(36)7-45-26-15(30-10(3)35)20(41)18(39)13(5-32)47-26/h8,11-28,31-33,36-44H,4-7H2,1-3H3,(H,29,34)(H,30,35)/t8-,11-,12+,13+,14+,15+,16+,17-,18-,19-,20+,21+,22-,23-,24+,25+,26+,27-,28-/m0/s1. The van der Waals surface area contributed by atoms with E-state index < -0.39 is 155 Å². The minimum atomic E-state index is -2.14. The van der Waals surface area contributed by atoms with Crippen molar-refractivity contribution in [1.29, 1.82) is 0 Å². The van der Waals surface area contributed by atoms with Crippen LogP contribution in [0.25, 0.3) is 0 Å². The average Bonchev–Trinajstić information content (AvgIpc) is 3.07. The molecule has 0 aromatic carbocycles. The SMILES string of the molecule is CC(=O)N[C@H]1[C@H](OC[C@@H](O)[C@H](O)[C@H](O[C@@H]2O[C@H](CO)[C@H](O)[C@H](O)[C@H]2O[C@@H]2O[C@@H](C)[C@@H](O)[C@@H](O)[C@@H]2O)[C@H](CO)NC(C)=O)O[C@H](CO)[C@H](O)[C@@H]1O. The Morgan fingerprint density at radius 1 is 0.720 bits per heavy atom. The van der Waals surface area contributed by atoms with Gasteiger partial charge in [0.05, 0.1) is 38.6 Å². The third-order valence-electron chi connectivity index (χ3n) is 8.61. The van der Waals surface area contributed by atoms with Crippen LogP contribution in [0.4, 0.5) is 0 Å². The zero-order chi connectivity index (χ0) is 37.6. The molecule has 3 aliphatic rings. The minimum absolute atomic E-state index is 0.667. The molecule has 22 heteroatoms. The maximum Gasteiger partial charge on any atom is 0.217 e. The van der Waals surface area contributed by atoms with Crippen molar-refractivity contribution in [2.75, 3.05) is 26.4 Å². The Hall–Kier alpha value is -1.78. The summed E-state index contributed by atoms with van der Waals surface area (Å²) in [6, 6.07) is -2.96. The number of aliphatic hydroxyl groups excluding tert-OH is 12. The highest BCUT2D eigenvalue weighted by atomic mass is 16.8. The Morgan fingerprint density at radius 3 is 1.84 bits per heavy atom. The van der Waals surface area contributed by atoms with Gasteiger partial charge in [0.1, 0.15) is 85.4 Å². The summed E-state index contributed by atoms with van der Waals surface area (Å²) in [5.74, 6) is -1.41. The zero-order valence-electron chi connectivity index (χ0n) is 27.4. The van der Waals surface area contributed by atoms with Gasteiger partial charge < -0.3 is 100 Å². The summed E-state index contributed by atoms with van der Waals surface area (Å²) in [4.78, 5) is 23.7. The van der Waals surface area contributed by atoms with Gasteiger partial charge in [-0.25, -0.2) is 0 Å². The number of ether oxygens (including phenoxy) is 6. The van der Waals surface area contributed by atoms with E-state index in [0.29, 0.717) is 0 Å². The smallest absolute Gasteiger partial charge is 0.217 e. The first-order valence-corrected chi connectivity index (χ1v) is 15.8. The lowest BCUT2D eigenvalue weighted by atomic mass is 9.96. The molecular formula is C28H50N2O20. The van der Waals surface area contributed by atoms with Gasteiger partial charge in [0.2, 0.25) is 11.8 Å². The van der Waals surface area contributed by atoms with Crippen LogP contribution in [0.2, 0.25) is 0 Å². The van der Waals surface area contributed by atoms with E-state index in [1.54, 1.807) is 0 Å². The second kappa shape index (κ2) is 18.8. The van der Waals surface area contributed by atoms with E-state index >= 15 is 0 Å². The first kappa shape index (κ1) is 42.6. The zero-order valence-corrected chi connectivity index (χ0v) is 27.4. The van der Waals surface area contributed by atoms with Gasteiger partial charge in [-0.2, -0.15) is 0 Å². The van der Waals surface area contributed by atoms with E-state index in [-0.39, 0.29) is 0 Å². The Kier molecular flexibility index (Phi) is 16.0. The number of carbonyl (C=O) groups excluding carboxylic acids is 2. The number of rotatable bonds is 15. The highest BCUT2D eigenvalue weighted by Gasteiger charge is 2.52. The van der Waals surface area contributed by atoms with Crippen molar-refractivity contribution in [3.05, 3.63) is 0 Å².